The van der Waals surface area contributed by atoms with Crippen LogP contribution in [0.3, 0.4) is 0 Å². The number of carbonyl (C=O) groups excluding carboxylic acids is 2. The maximum absolute atomic E-state index is 12.8. The van der Waals surface area contributed by atoms with E-state index < -0.39 is 5.97 Å². The summed E-state index contributed by atoms with van der Waals surface area (Å²) in [4.78, 5) is 29.9. The molecule has 0 atom stereocenters. The number of urea groups is 1. The van der Waals surface area contributed by atoms with Crippen LogP contribution in [-0.4, -0.2) is 17.0 Å². The molecule has 0 saturated heterocycles. The first-order valence-electron chi connectivity index (χ1n) is 9.53. The Morgan fingerprint density at radius 3 is 2.73 bits per heavy atom. The number of carbonyl (C=O) groups is 2. The van der Waals surface area contributed by atoms with Crippen molar-refractivity contribution in [3.05, 3.63) is 77.6 Å². The highest BCUT2D eigenvalue weighted by atomic mass is 16.5. The third-order valence-corrected chi connectivity index (χ3v) is 4.74. The lowest BCUT2D eigenvalue weighted by molar-refractivity contribution is -0.131. The molecule has 0 spiro atoms. The molecule has 7 nitrogen and oxygen atoms in total. The van der Waals surface area contributed by atoms with E-state index in [-0.39, 0.29) is 6.03 Å². The molecule has 30 heavy (non-hydrogen) atoms. The van der Waals surface area contributed by atoms with E-state index in [1.165, 1.54) is 6.92 Å². The molecule has 2 heterocycles. The van der Waals surface area contributed by atoms with Crippen LogP contribution in [0, 0.1) is 6.92 Å². The van der Waals surface area contributed by atoms with Gasteiger partial charge in [0, 0.05) is 25.3 Å². The van der Waals surface area contributed by atoms with Crippen LogP contribution in [0.1, 0.15) is 23.7 Å². The minimum Gasteiger partial charge on any atom is -0.487 e. The lowest BCUT2D eigenvalue weighted by Crippen LogP contribution is -2.39. The smallest absolute Gasteiger partial charge is 0.326 e. The van der Waals surface area contributed by atoms with Gasteiger partial charge >= 0.3 is 12.0 Å². The van der Waals surface area contributed by atoms with E-state index in [0.717, 1.165) is 22.5 Å². The maximum Gasteiger partial charge on any atom is 0.326 e. The molecule has 0 unspecified atom stereocenters. The summed E-state index contributed by atoms with van der Waals surface area (Å²) in [5.41, 5.74) is 4.10. The number of hydrogen-bond donors (Lipinski definition) is 1. The van der Waals surface area contributed by atoms with E-state index >= 15 is 0 Å². The van der Waals surface area contributed by atoms with Crippen LogP contribution in [0.5, 0.6) is 11.5 Å². The third-order valence-electron chi connectivity index (χ3n) is 4.74. The Bertz CT molecular complexity index is 1100. The van der Waals surface area contributed by atoms with Gasteiger partial charge < -0.3 is 14.8 Å². The minimum absolute atomic E-state index is 0.257. The van der Waals surface area contributed by atoms with Crippen LogP contribution < -0.4 is 19.7 Å². The molecule has 152 valence electrons. The number of aromatic nitrogens is 1. The normalized spacial score (nSPS) is 12.7. The summed E-state index contributed by atoms with van der Waals surface area (Å²) in [6.07, 6.45) is 1.72. The van der Waals surface area contributed by atoms with Crippen molar-refractivity contribution in [1.29, 1.82) is 0 Å². The SMILES string of the molecule is CC(=O)Oc1ccc2c(c1)NC(=O)N(c1cc(OCc3ccccn3)ccc1C)C2. The molecule has 0 saturated carbocycles. The molecule has 0 fully saturated rings. The second kappa shape index (κ2) is 8.24. The Labute approximate surface area is 174 Å². The summed E-state index contributed by atoms with van der Waals surface area (Å²) in [5, 5.41) is 2.87. The number of ether oxygens (including phenoxy) is 2. The van der Waals surface area contributed by atoms with Crippen molar-refractivity contribution >= 4 is 23.4 Å². The predicted molar refractivity (Wildman–Crippen MR) is 113 cm³/mol. The molecule has 7 heteroatoms. The van der Waals surface area contributed by atoms with Crippen molar-refractivity contribution in [1.82, 2.24) is 4.98 Å². The van der Waals surface area contributed by atoms with Gasteiger partial charge in [0.05, 0.1) is 23.6 Å². The summed E-state index contributed by atoms with van der Waals surface area (Å²) in [5.74, 6) is 0.651. The number of nitrogens with one attached hydrogen (secondary N) is 1. The van der Waals surface area contributed by atoms with E-state index in [4.69, 9.17) is 9.47 Å². The number of benzene rings is 2. The van der Waals surface area contributed by atoms with Crippen molar-refractivity contribution < 1.29 is 19.1 Å². The van der Waals surface area contributed by atoms with Crippen LogP contribution >= 0.6 is 0 Å². The Kier molecular flexibility index (Phi) is 5.34. The van der Waals surface area contributed by atoms with E-state index in [0.29, 0.717) is 30.3 Å². The Balaban J connectivity index is 1.55. The summed E-state index contributed by atoms with van der Waals surface area (Å²) < 4.78 is 11.0. The summed E-state index contributed by atoms with van der Waals surface area (Å²) >= 11 is 0. The molecule has 1 aromatic heterocycles. The fraction of sp³-hybridized carbons (Fsp3) is 0.174. The zero-order chi connectivity index (χ0) is 21.1. The lowest BCUT2D eigenvalue weighted by atomic mass is 10.1. The van der Waals surface area contributed by atoms with Gasteiger partial charge in [0.15, 0.2) is 0 Å². The van der Waals surface area contributed by atoms with Gasteiger partial charge in [-0.1, -0.05) is 18.2 Å². The van der Waals surface area contributed by atoms with Crippen molar-refractivity contribution in [2.24, 2.45) is 0 Å². The van der Waals surface area contributed by atoms with Crippen LogP contribution in [-0.2, 0) is 17.9 Å². The fourth-order valence-corrected chi connectivity index (χ4v) is 3.27. The standard InChI is InChI=1S/C23H21N3O4/c1-15-6-8-19(29-14-18-5-3-4-10-24-18)12-22(15)26-13-17-7-9-20(30-16(2)27)11-21(17)25-23(26)28/h3-12H,13-14H2,1-2H3,(H,25,28). The number of rotatable bonds is 5. The molecule has 1 N–H and O–H groups in total. The number of amides is 2. The summed E-state index contributed by atoms with van der Waals surface area (Å²) in [6, 6.07) is 16.3. The van der Waals surface area contributed by atoms with E-state index in [1.807, 2.05) is 49.4 Å². The lowest BCUT2D eigenvalue weighted by Gasteiger charge is -2.31. The molecule has 3 aromatic rings. The number of aryl methyl sites for hydroxylation is 1. The summed E-state index contributed by atoms with van der Waals surface area (Å²) in [6.45, 7) is 4.03. The third kappa shape index (κ3) is 4.25. The Morgan fingerprint density at radius 2 is 1.97 bits per heavy atom. The molecule has 1 aliphatic heterocycles. The van der Waals surface area contributed by atoms with Gasteiger partial charge in [-0.3, -0.25) is 14.7 Å². The number of esters is 1. The van der Waals surface area contributed by atoms with Crippen LogP contribution in [0.4, 0.5) is 16.2 Å². The van der Waals surface area contributed by atoms with Crippen molar-refractivity contribution in [3.63, 3.8) is 0 Å². The van der Waals surface area contributed by atoms with Crippen molar-refractivity contribution in [3.8, 4) is 11.5 Å². The molecule has 0 bridgehead atoms. The highest BCUT2D eigenvalue weighted by Crippen LogP contribution is 2.33. The van der Waals surface area contributed by atoms with Crippen molar-refractivity contribution in [2.45, 2.75) is 27.0 Å². The molecular formula is C23H21N3O4. The molecule has 1 aliphatic rings. The van der Waals surface area contributed by atoms with Gasteiger partial charge in [-0.05, 0) is 42.3 Å². The maximum atomic E-state index is 12.8. The topological polar surface area (TPSA) is 80.8 Å². The largest absolute Gasteiger partial charge is 0.487 e. The monoisotopic (exact) mass is 403 g/mol. The fourth-order valence-electron chi connectivity index (χ4n) is 3.27. The molecule has 0 aliphatic carbocycles. The van der Waals surface area contributed by atoms with Crippen LogP contribution in [0.15, 0.2) is 60.8 Å². The van der Waals surface area contributed by atoms with Gasteiger partial charge in [-0.25, -0.2) is 4.79 Å². The van der Waals surface area contributed by atoms with E-state index in [9.17, 15) is 9.59 Å². The number of hydrogen-bond acceptors (Lipinski definition) is 5. The zero-order valence-electron chi connectivity index (χ0n) is 16.7. The highest BCUT2D eigenvalue weighted by molar-refractivity contribution is 6.05. The van der Waals surface area contributed by atoms with E-state index in [1.54, 1.807) is 23.2 Å². The Hall–Kier alpha value is -3.87. The molecule has 0 radical (unpaired) electrons. The summed E-state index contributed by atoms with van der Waals surface area (Å²) in [7, 11) is 0. The highest BCUT2D eigenvalue weighted by Gasteiger charge is 2.26. The average molecular weight is 403 g/mol. The van der Waals surface area contributed by atoms with Crippen molar-refractivity contribution in [2.75, 3.05) is 10.2 Å². The number of fused-ring (bicyclic) bond motifs is 1. The first kappa shape index (κ1) is 19.4. The number of nitrogens with zero attached hydrogens (tertiary/aromatic N) is 2. The second-order valence-electron chi connectivity index (χ2n) is 6.99. The average Bonchev–Trinajstić information content (AvgIpc) is 2.73. The number of anilines is 2. The van der Waals surface area contributed by atoms with Gasteiger partial charge in [0.2, 0.25) is 0 Å². The molecule has 2 amide bonds. The second-order valence-corrected chi connectivity index (χ2v) is 6.99. The van der Waals surface area contributed by atoms with Gasteiger partial charge in [-0.15, -0.1) is 0 Å². The molecule has 4 rings (SSSR count). The van der Waals surface area contributed by atoms with Gasteiger partial charge in [0.25, 0.3) is 0 Å². The minimum atomic E-state index is -0.406. The number of pyridine rings is 1. The predicted octanol–water partition coefficient (Wildman–Crippen LogP) is 4.45. The van der Waals surface area contributed by atoms with E-state index in [2.05, 4.69) is 10.3 Å². The Morgan fingerprint density at radius 1 is 1.13 bits per heavy atom. The first-order chi connectivity index (χ1) is 14.5. The quantitative estimate of drug-likeness (QED) is 0.503. The van der Waals surface area contributed by atoms with Crippen LogP contribution in [0.2, 0.25) is 0 Å². The first-order valence-corrected chi connectivity index (χ1v) is 9.53. The molecular weight excluding hydrogens is 382 g/mol. The van der Waals surface area contributed by atoms with Crippen LogP contribution in [0.25, 0.3) is 0 Å². The molecule has 2 aromatic carbocycles. The zero-order valence-corrected chi connectivity index (χ0v) is 16.7. The van der Waals surface area contributed by atoms with Gasteiger partial charge in [-0.2, -0.15) is 0 Å². The van der Waals surface area contributed by atoms with Gasteiger partial charge in [0.1, 0.15) is 18.1 Å².